The molecule has 0 N–H and O–H groups in total. The SMILES string of the molecule is O=C(Cc1ccoc1)C(C(F)(F)F)C(F)(F)F. The Morgan fingerprint density at radius 3 is 2.06 bits per heavy atom. The summed E-state index contributed by atoms with van der Waals surface area (Å²) in [6.45, 7) is 0. The van der Waals surface area contributed by atoms with E-state index < -0.39 is 30.5 Å². The number of hydrogen-bond donors (Lipinski definition) is 0. The van der Waals surface area contributed by atoms with Crippen LogP contribution in [0, 0.1) is 5.92 Å². The van der Waals surface area contributed by atoms with Gasteiger partial charge in [0.15, 0.2) is 5.78 Å². The first kappa shape index (κ1) is 13.6. The van der Waals surface area contributed by atoms with Gasteiger partial charge in [-0.1, -0.05) is 0 Å². The predicted molar refractivity (Wildman–Crippen MR) is 43.0 cm³/mol. The second-order valence-corrected chi connectivity index (χ2v) is 3.29. The summed E-state index contributed by atoms with van der Waals surface area (Å²) in [6, 6.07) is 1.13. The van der Waals surface area contributed by atoms with Crippen molar-refractivity contribution in [1.29, 1.82) is 0 Å². The van der Waals surface area contributed by atoms with Gasteiger partial charge in [0.05, 0.1) is 12.5 Å². The number of furan rings is 1. The zero-order valence-corrected chi connectivity index (χ0v) is 8.10. The average molecular weight is 260 g/mol. The molecule has 0 aliphatic carbocycles. The van der Waals surface area contributed by atoms with E-state index in [2.05, 4.69) is 4.42 Å². The van der Waals surface area contributed by atoms with Crippen LogP contribution in [0.3, 0.4) is 0 Å². The Hall–Kier alpha value is -1.47. The number of Topliss-reactive ketones (excluding diaryl/α,β-unsaturated/α-hetero) is 1. The molecule has 0 amide bonds. The summed E-state index contributed by atoms with van der Waals surface area (Å²) in [6.07, 6.45) is -10.3. The molecule has 1 aromatic rings. The molecule has 0 saturated heterocycles. The third-order valence-electron chi connectivity index (χ3n) is 1.94. The van der Waals surface area contributed by atoms with Crippen LogP contribution in [0.15, 0.2) is 23.0 Å². The van der Waals surface area contributed by atoms with Crippen molar-refractivity contribution in [2.75, 3.05) is 0 Å². The largest absolute Gasteiger partial charge is 0.472 e. The number of carbonyl (C=O) groups excluding carboxylic acids is 1. The van der Waals surface area contributed by atoms with E-state index in [0.29, 0.717) is 0 Å². The summed E-state index contributed by atoms with van der Waals surface area (Å²) in [4.78, 5) is 11.0. The maximum absolute atomic E-state index is 12.1. The highest BCUT2D eigenvalue weighted by molar-refractivity contribution is 5.84. The van der Waals surface area contributed by atoms with Crippen molar-refractivity contribution in [2.45, 2.75) is 18.8 Å². The van der Waals surface area contributed by atoms with Gasteiger partial charge in [-0.2, -0.15) is 26.3 Å². The predicted octanol–water partition coefficient (Wildman–Crippen LogP) is 3.13. The number of rotatable bonds is 3. The first-order valence-electron chi connectivity index (χ1n) is 4.29. The highest BCUT2D eigenvalue weighted by atomic mass is 19.4. The van der Waals surface area contributed by atoms with Crippen LogP contribution in [0.4, 0.5) is 26.3 Å². The fraction of sp³-hybridized carbons (Fsp3) is 0.444. The number of ketones is 1. The first-order chi connectivity index (χ1) is 7.62. The van der Waals surface area contributed by atoms with E-state index in [9.17, 15) is 31.1 Å². The zero-order valence-electron chi connectivity index (χ0n) is 8.10. The highest BCUT2D eigenvalue weighted by Crippen LogP contribution is 2.40. The Morgan fingerprint density at radius 2 is 1.71 bits per heavy atom. The maximum Gasteiger partial charge on any atom is 0.407 e. The fourth-order valence-electron chi connectivity index (χ4n) is 1.25. The average Bonchev–Trinajstić information content (AvgIpc) is 2.49. The van der Waals surface area contributed by atoms with E-state index in [4.69, 9.17) is 0 Å². The van der Waals surface area contributed by atoms with Crippen molar-refractivity contribution in [3.05, 3.63) is 24.2 Å². The summed E-state index contributed by atoms with van der Waals surface area (Å²) >= 11 is 0. The second kappa shape index (κ2) is 4.42. The summed E-state index contributed by atoms with van der Waals surface area (Å²) in [5.74, 6) is -5.91. The van der Waals surface area contributed by atoms with Gasteiger partial charge in [-0.15, -0.1) is 0 Å². The molecule has 1 rings (SSSR count). The number of alkyl halides is 6. The van der Waals surface area contributed by atoms with E-state index in [-0.39, 0.29) is 5.56 Å². The lowest BCUT2D eigenvalue weighted by molar-refractivity contribution is -0.273. The van der Waals surface area contributed by atoms with Crippen LogP contribution < -0.4 is 0 Å². The molecule has 0 radical (unpaired) electrons. The minimum atomic E-state index is -5.64. The molecule has 17 heavy (non-hydrogen) atoms. The molecule has 0 unspecified atom stereocenters. The van der Waals surface area contributed by atoms with Crippen LogP contribution in [0.2, 0.25) is 0 Å². The molecule has 2 nitrogen and oxygen atoms in total. The van der Waals surface area contributed by atoms with Gasteiger partial charge in [-0.25, -0.2) is 0 Å². The van der Waals surface area contributed by atoms with Crippen molar-refractivity contribution >= 4 is 5.78 Å². The molecule has 0 aliphatic heterocycles. The molecule has 0 aromatic carbocycles. The van der Waals surface area contributed by atoms with E-state index >= 15 is 0 Å². The van der Waals surface area contributed by atoms with Crippen molar-refractivity contribution in [1.82, 2.24) is 0 Å². The minimum absolute atomic E-state index is 0.0338. The van der Waals surface area contributed by atoms with Crippen molar-refractivity contribution < 1.29 is 35.6 Å². The summed E-state index contributed by atoms with van der Waals surface area (Å²) in [5, 5.41) is 0. The molecular formula is C9H6F6O2. The van der Waals surface area contributed by atoms with E-state index in [1.807, 2.05) is 0 Å². The van der Waals surface area contributed by atoms with Crippen LogP contribution in [0.5, 0.6) is 0 Å². The molecule has 8 heteroatoms. The molecule has 0 bridgehead atoms. The lowest BCUT2D eigenvalue weighted by Gasteiger charge is -2.21. The van der Waals surface area contributed by atoms with Gasteiger partial charge in [0, 0.05) is 6.42 Å². The number of carbonyl (C=O) groups is 1. The second-order valence-electron chi connectivity index (χ2n) is 3.29. The molecule has 1 aromatic heterocycles. The molecule has 0 fully saturated rings. The lowest BCUT2D eigenvalue weighted by atomic mass is 9.98. The highest BCUT2D eigenvalue weighted by Gasteiger charge is 2.60. The molecule has 96 valence electrons. The van der Waals surface area contributed by atoms with Crippen LogP contribution in [-0.2, 0) is 11.2 Å². The van der Waals surface area contributed by atoms with Crippen molar-refractivity contribution in [2.24, 2.45) is 5.92 Å². The van der Waals surface area contributed by atoms with Gasteiger partial charge in [0.25, 0.3) is 0 Å². The number of hydrogen-bond acceptors (Lipinski definition) is 2. The lowest BCUT2D eigenvalue weighted by Crippen LogP contribution is -2.43. The van der Waals surface area contributed by atoms with Gasteiger partial charge in [-0.05, 0) is 11.6 Å². The topological polar surface area (TPSA) is 30.2 Å². The molecule has 0 spiro atoms. The van der Waals surface area contributed by atoms with Gasteiger partial charge in [0.1, 0.15) is 0 Å². The molecule has 0 aliphatic rings. The van der Waals surface area contributed by atoms with Gasteiger partial charge in [0.2, 0.25) is 5.92 Å². The van der Waals surface area contributed by atoms with Crippen molar-refractivity contribution in [3.8, 4) is 0 Å². The Bertz CT molecular complexity index is 361. The Kier molecular flexibility index (Phi) is 3.53. The summed E-state index contributed by atoms with van der Waals surface area (Å²) < 4.78 is 77.2. The third-order valence-corrected chi connectivity index (χ3v) is 1.94. The van der Waals surface area contributed by atoms with Gasteiger partial charge >= 0.3 is 12.4 Å². The zero-order chi connectivity index (χ0) is 13.3. The van der Waals surface area contributed by atoms with E-state index in [0.717, 1.165) is 18.6 Å². The monoisotopic (exact) mass is 260 g/mol. The van der Waals surface area contributed by atoms with E-state index in [1.165, 1.54) is 0 Å². The van der Waals surface area contributed by atoms with Gasteiger partial charge in [-0.3, -0.25) is 4.79 Å². The van der Waals surface area contributed by atoms with Crippen molar-refractivity contribution in [3.63, 3.8) is 0 Å². The molecule has 0 saturated carbocycles. The standard InChI is InChI=1S/C9H6F6O2/c10-8(11,12)7(9(13,14)15)6(16)3-5-1-2-17-4-5/h1-2,4,7H,3H2. The van der Waals surface area contributed by atoms with Crippen LogP contribution in [0.1, 0.15) is 5.56 Å². The van der Waals surface area contributed by atoms with E-state index in [1.54, 1.807) is 0 Å². The fourth-order valence-corrected chi connectivity index (χ4v) is 1.25. The Labute approximate surface area is 91.2 Å². The smallest absolute Gasteiger partial charge is 0.407 e. The molecule has 1 heterocycles. The Balaban J connectivity index is 2.89. The third kappa shape index (κ3) is 3.50. The maximum atomic E-state index is 12.1. The quantitative estimate of drug-likeness (QED) is 0.781. The van der Waals surface area contributed by atoms with Crippen LogP contribution in [0.25, 0.3) is 0 Å². The minimum Gasteiger partial charge on any atom is -0.472 e. The summed E-state index contributed by atoms with van der Waals surface area (Å²) in [7, 11) is 0. The first-order valence-corrected chi connectivity index (χ1v) is 4.29. The van der Waals surface area contributed by atoms with Gasteiger partial charge < -0.3 is 4.42 Å². The summed E-state index contributed by atoms with van der Waals surface area (Å²) in [5.41, 5.74) is -0.0338. The molecule has 0 atom stereocenters. The number of halogens is 6. The Morgan fingerprint density at radius 1 is 1.18 bits per heavy atom. The normalized spacial score (nSPS) is 13.1. The van der Waals surface area contributed by atoms with Crippen LogP contribution in [-0.4, -0.2) is 18.1 Å². The van der Waals surface area contributed by atoms with Crippen LogP contribution >= 0.6 is 0 Å². The molecular weight excluding hydrogens is 254 g/mol.